The Bertz CT molecular complexity index is 581. The summed E-state index contributed by atoms with van der Waals surface area (Å²) in [7, 11) is 1.39. The van der Waals surface area contributed by atoms with E-state index < -0.39 is 0 Å². The molecule has 0 amide bonds. The second-order valence-electron chi connectivity index (χ2n) is 6.86. The van der Waals surface area contributed by atoms with Gasteiger partial charge in [0.25, 0.3) is 0 Å². The molecule has 0 N–H and O–H groups in total. The van der Waals surface area contributed by atoms with E-state index in [0.29, 0.717) is 16.3 Å². The van der Waals surface area contributed by atoms with E-state index in [1.54, 1.807) is 11.8 Å². The summed E-state index contributed by atoms with van der Waals surface area (Å²) in [5.74, 6) is 1.24. The van der Waals surface area contributed by atoms with Gasteiger partial charge in [0.1, 0.15) is 16.4 Å². The number of nitrogens with zero attached hydrogens (tertiary/aromatic N) is 3. The standard InChI is InChI=1S/C17H27N3O3S/c1-12-13(15(21)22-5)14(19-16(18-12)17(2,3)4)24-11-8-20-6-9-23-10-7-20/h6-11H2,1-5H3. The second kappa shape index (κ2) is 8.27. The molecule has 0 saturated carbocycles. The quantitative estimate of drug-likeness (QED) is 0.457. The van der Waals surface area contributed by atoms with Crippen molar-refractivity contribution in [1.29, 1.82) is 0 Å². The highest BCUT2D eigenvalue weighted by molar-refractivity contribution is 7.99. The van der Waals surface area contributed by atoms with Gasteiger partial charge in [-0.2, -0.15) is 0 Å². The van der Waals surface area contributed by atoms with Crippen LogP contribution in [0.1, 0.15) is 42.6 Å². The lowest BCUT2D eigenvalue weighted by Gasteiger charge is -2.26. The number of hydrogen-bond donors (Lipinski definition) is 0. The van der Waals surface area contributed by atoms with Crippen molar-refractivity contribution in [2.24, 2.45) is 0 Å². The van der Waals surface area contributed by atoms with Crippen LogP contribution >= 0.6 is 11.8 Å². The van der Waals surface area contributed by atoms with E-state index in [4.69, 9.17) is 9.47 Å². The number of morpholine rings is 1. The zero-order chi connectivity index (χ0) is 17.7. The summed E-state index contributed by atoms with van der Waals surface area (Å²) in [6.07, 6.45) is 0. The molecular formula is C17H27N3O3S. The Hall–Kier alpha value is -1.18. The Labute approximate surface area is 148 Å². The zero-order valence-electron chi connectivity index (χ0n) is 15.2. The van der Waals surface area contributed by atoms with Crippen molar-refractivity contribution in [1.82, 2.24) is 14.9 Å². The van der Waals surface area contributed by atoms with Crippen LogP contribution in [0.25, 0.3) is 0 Å². The summed E-state index contributed by atoms with van der Waals surface area (Å²) < 4.78 is 10.3. The van der Waals surface area contributed by atoms with Gasteiger partial charge in [0, 0.05) is 30.8 Å². The number of carbonyl (C=O) groups excluding carboxylic acids is 1. The molecule has 0 aromatic carbocycles. The molecule has 2 heterocycles. The fraction of sp³-hybridized carbons (Fsp3) is 0.706. The minimum Gasteiger partial charge on any atom is -0.465 e. The fourth-order valence-corrected chi connectivity index (χ4v) is 3.49. The molecule has 1 aliphatic rings. The lowest BCUT2D eigenvalue weighted by Crippen LogP contribution is -2.37. The number of esters is 1. The highest BCUT2D eigenvalue weighted by atomic mass is 32.2. The third-order valence-corrected chi connectivity index (χ3v) is 4.82. The van der Waals surface area contributed by atoms with Gasteiger partial charge in [0.2, 0.25) is 0 Å². The average Bonchev–Trinajstić information content (AvgIpc) is 2.54. The van der Waals surface area contributed by atoms with Crippen LogP contribution in [0.15, 0.2) is 5.03 Å². The third-order valence-electron chi connectivity index (χ3n) is 3.87. The van der Waals surface area contributed by atoms with Gasteiger partial charge in [0.05, 0.1) is 26.0 Å². The molecule has 0 atom stereocenters. The molecule has 1 aromatic rings. The van der Waals surface area contributed by atoms with Crippen LogP contribution in [-0.4, -0.2) is 66.5 Å². The molecule has 0 radical (unpaired) electrons. The third kappa shape index (κ3) is 4.91. The van der Waals surface area contributed by atoms with Gasteiger partial charge in [-0.1, -0.05) is 20.8 Å². The van der Waals surface area contributed by atoms with Gasteiger partial charge in [0.15, 0.2) is 0 Å². The fourth-order valence-electron chi connectivity index (χ4n) is 2.42. The molecule has 24 heavy (non-hydrogen) atoms. The van der Waals surface area contributed by atoms with E-state index in [2.05, 4.69) is 35.6 Å². The minimum absolute atomic E-state index is 0.168. The first kappa shape index (κ1) is 19.1. The largest absolute Gasteiger partial charge is 0.465 e. The minimum atomic E-state index is -0.373. The van der Waals surface area contributed by atoms with Crippen molar-refractivity contribution in [2.75, 3.05) is 45.7 Å². The van der Waals surface area contributed by atoms with Crippen LogP contribution in [0.3, 0.4) is 0 Å². The smallest absolute Gasteiger partial charge is 0.342 e. The van der Waals surface area contributed by atoms with E-state index in [1.807, 2.05) is 6.92 Å². The van der Waals surface area contributed by atoms with E-state index in [0.717, 1.165) is 44.4 Å². The highest BCUT2D eigenvalue weighted by Crippen LogP contribution is 2.27. The molecule has 1 aromatic heterocycles. The molecule has 0 spiro atoms. The van der Waals surface area contributed by atoms with Crippen LogP contribution in [-0.2, 0) is 14.9 Å². The maximum absolute atomic E-state index is 12.1. The molecule has 1 fully saturated rings. The van der Waals surface area contributed by atoms with Gasteiger partial charge in [-0.3, -0.25) is 4.90 Å². The first-order valence-electron chi connectivity index (χ1n) is 8.23. The monoisotopic (exact) mass is 353 g/mol. The number of ether oxygens (including phenoxy) is 2. The number of carbonyl (C=O) groups is 1. The molecule has 1 aliphatic heterocycles. The summed E-state index contributed by atoms with van der Waals surface area (Å²) in [6.45, 7) is 12.5. The normalized spacial score (nSPS) is 16.2. The molecule has 0 aliphatic carbocycles. The first-order chi connectivity index (χ1) is 11.3. The molecular weight excluding hydrogens is 326 g/mol. The number of aryl methyl sites for hydroxylation is 1. The molecule has 0 bridgehead atoms. The van der Waals surface area contributed by atoms with E-state index in [9.17, 15) is 4.79 Å². The Kier molecular flexibility index (Phi) is 6.60. The lowest BCUT2D eigenvalue weighted by molar-refractivity contribution is 0.0410. The predicted octanol–water partition coefficient (Wildman–Crippen LogP) is 2.29. The Morgan fingerprint density at radius 3 is 2.54 bits per heavy atom. The Balaban J connectivity index is 2.17. The van der Waals surface area contributed by atoms with Crippen molar-refractivity contribution in [3.63, 3.8) is 0 Å². The summed E-state index contributed by atoms with van der Waals surface area (Å²) in [6, 6.07) is 0. The van der Waals surface area contributed by atoms with Crippen molar-refractivity contribution in [3.05, 3.63) is 17.1 Å². The highest BCUT2D eigenvalue weighted by Gasteiger charge is 2.25. The van der Waals surface area contributed by atoms with Gasteiger partial charge in [-0.05, 0) is 6.92 Å². The molecule has 7 heteroatoms. The van der Waals surface area contributed by atoms with Crippen LogP contribution in [0.2, 0.25) is 0 Å². The number of thioether (sulfide) groups is 1. The van der Waals surface area contributed by atoms with Crippen molar-refractivity contribution in [2.45, 2.75) is 38.1 Å². The SMILES string of the molecule is COC(=O)c1c(C)nc(C(C)(C)C)nc1SCCN1CCOCC1. The van der Waals surface area contributed by atoms with Crippen LogP contribution < -0.4 is 0 Å². The molecule has 0 unspecified atom stereocenters. The van der Waals surface area contributed by atoms with E-state index in [-0.39, 0.29) is 11.4 Å². The van der Waals surface area contributed by atoms with Crippen LogP contribution in [0.5, 0.6) is 0 Å². The average molecular weight is 353 g/mol. The molecule has 6 nitrogen and oxygen atoms in total. The molecule has 134 valence electrons. The van der Waals surface area contributed by atoms with E-state index >= 15 is 0 Å². The molecule has 1 saturated heterocycles. The number of hydrogen-bond acceptors (Lipinski definition) is 7. The maximum Gasteiger partial charge on any atom is 0.342 e. The number of aromatic nitrogens is 2. The summed E-state index contributed by atoms with van der Waals surface area (Å²) in [5, 5.41) is 0.715. The predicted molar refractivity (Wildman–Crippen MR) is 94.8 cm³/mol. The Morgan fingerprint density at radius 1 is 1.29 bits per heavy atom. The van der Waals surface area contributed by atoms with Crippen LogP contribution in [0, 0.1) is 6.92 Å². The van der Waals surface area contributed by atoms with Crippen LogP contribution in [0.4, 0.5) is 0 Å². The summed E-state index contributed by atoms with van der Waals surface area (Å²) >= 11 is 1.59. The number of methoxy groups -OCH3 is 1. The summed E-state index contributed by atoms with van der Waals surface area (Å²) in [4.78, 5) is 23.7. The van der Waals surface area contributed by atoms with Crippen molar-refractivity contribution < 1.29 is 14.3 Å². The lowest BCUT2D eigenvalue weighted by atomic mass is 9.95. The number of rotatable bonds is 5. The van der Waals surface area contributed by atoms with Gasteiger partial charge >= 0.3 is 5.97 Å². The topological polar surface area (TPSA) is 64.5 Å². The second-order valence-corrected chi connectivity index (χ2v) is 7.94. The van der Waals surface area contributed by atoms with Gasteiger partial charge < -0.3 is 9.47 Å². The first-order valence-corrected chi connectivity index (χ1v) is 9.22. The van der Waals surface area contributed by atoms with Crippen molar-refractivity contribution >= 4 is 17.7 Å². The molecule has 2 rings (SSSR count). The van der Waals surface area contributed by atoms with Gasteiger partial charge in [-0.25, -0.2) is 14.8 Å². The summed E-state index contributed by atoms with van der Waals surface area (Å²) in [5.41, 5.74) is 0.993. The Morgan fingerprint density at radius 2 is 1.96 bits per heavy atom. The van der Waals surface area contributed by atoms with Crippen molar-refractivity contribution in [3.8, 4) is 0 Å². The van der Waals surface area contributed by atoms with E-state index in [1.165, 1.54) is 7.11 Å². The maximum atomic E-state index is 12.1. The van der Waals surface area contributed by atoms with Gasteiger partial charge in [-0.15, -0.1) is 11.8 Å². The zero-order valence-corrected chi connectivity index (χ0v) is 16.0.